The lowest BCUT2D eigenvalue weighted by Gasteiger charge is -2.41. The Balaban J connectivity index is 2.86. The first-order valence-corrected chi connectivity index (χ1v) is 6.18. The molecule has 15 heavy (non-hydrogen) atoms. The molecule has 0 unspecified atom stereocenters. The summed E-state index contributed by atoms with van der Waals surface area (Å²) in [5.41, 5.74) is 0.280. The van der Waals surface area contributed by atoms with Crippen LogP contribution < -0.4 is 0 Å². The Morgan fingerprint density at radius 1 is 0.867 bits per heavy atom. The highest BCUT2D eigenvalue weighted by Crippen LogP contribution is 2.43. The topological polar surface area (TPSA) is 17.1 Å². The summed E-state index contributed by atoms with van der Waals surface area (Å²) in [5, 5.41) is 0. The number of rotatable bonds is 0. The number of carbonyl (C=O) groups excluding carboxylic acids is 1. The largest absolute Gasteiger partial charge is 0.299 e. The van der Waals surface area contributed by atoms with Gasteiger partial charge in [0.25, 0.3) is 0 Å². The summed E-state index contributed by atoms with van der Waals surface area (Å²) in [6, 6.07) is 0. The van der Waals surface area contributed by atoms with E-state index in [1.165, 1.54) is 6.42 Å². The molecule has 1 aliphatic carbocycles. The van der Waals surface area contributed by atoms with Gasteiger partial charge in [-0.15, -0.1) is 0 Å². The van der Waals surface area contributed by atoms with Crippen molar-refractivity contribution in [2.45, 2.75) is 60.8 Å². The van der Waals surface area contributed by atoms with Gasteiger partial charge in [-0.2, -0.15) is 0 Å². The Bertz CT molecular complexity index is 215. The van der Waals surface area contributed by atoms with Crippen molar-refractivity contribution >= 4 is 5.78 Å². The van der Waals surface area contributed by atoms with E-state index in [9.17, 15) is 4.79 Å². The Labute approximate surface area is 94.6 Å². The molecule has 0 saturated heterocycles. The molecule has 1 nitrogen and oxygen atoms in total. The maximum Gasteiger partial charge on any atom is 0.140 e. The van der Waals surface area contributed by atoms with E-state index in [1.807, 2.05) is 0 Å². The van der Waals surface area contributed by atoms with Crippen molar-refractivity contribution in [3.05, 3.63) is 0 Å². The van der Waals surface area contributed by atoms with E-state index in [-0.39, 0.29) is 22.7 Å². The zero-order valence-corrected chi connectivity index (χ0v) is 11.2. The van der Waals surface area contributed by atoms with Crippen molar-refractivity contribution in [1.29, 1.82) is 0 Å². The van der Waals surface area contributed by atoms with E-state index in [0.29, 0.717) is 5.78 Å². The van der Waals surface area contributed by atoms with Crippen molar-refractivity contribution in [2.24, 2.45) is 22.7 Å². The third kappa shape index (κ3) is 2.83. The van der Waals surface area contributed by atoms with Crippen LogP contribution in [-0.2, 0) is 4.79 Å². The third-order valence-electron chi connectivity index (χ3n) is 3.76. The van der Waals surface area contributed by atoms with Gasteiger partial charge in [0.15, 0.2) is 0 Å². The molecule has 0 bridgehead atoms. The van der Waals surface area contributed by atoms with Gasteiger partial charge in [-0.3, -0.25) is 4.79 Å². The Morgan fingerprint density at radius 2 is 1.20 bits per heavy atom. The van der Waals surface area contributed by atoms with Crippen molar-refractivity contribution in [3.8, 4) is 0 Å². The Morgan fingerprint density at radius 3 is 1.47 bits per heavy atom. The van der Waals surface area contributed by atoms with E-state index in [4.69, 9.17) is 0 Å². The van der Waals surface area contributed by atoms with E-state index < -0.39 is 0 Å². The van der Waals surface area contributed by atoms with Crippen LogP contribution in [0.3, 0.4) is 0 Å². The van der Waals surface area contributed by atoms with Crippen LogP contribution >= 0.6 is 0 Å². The average molecular weight is 210 g/mol. The number of ketones is 1. The molecule has 0 aromatic carbocycles. The molecular formula is C14H26O. The Kier molecular flexibility index (Phi) is 3.33. The summed E-state index contributed by atoms with van der Waals surface area (Å²) in [6.07, 6.45) is 3.40. The second-order valence-electron chi connectivity index (χ2n) is 7.17. The zero-order chi connectivity index (χ0) is 11.9. The molecule has 0 N–H and O–H groups in total. The molecule has 1 aliphatic rings. The van der Waals surface area contributed by atoms with Gasteiger partial charge >= 0.3 is 0 Å². The fourth-order valence-corrected chi connectivity index (χ4v) is 2.77. The van der Waals surface area contributed by atoms with Gasteiger partial charge in [-0.05, 0) is 23.7 Å². The van der Waals surface area contributed by atoms with Crippen LogP contribution in [0.2, 0.25) is 0 Å². The predicted molar refractivity (Wildman–Crippen MR) is 64.7 cm³/mol. The minimum absolute atomic E-state index is 0.140. The van der Waals surface area contributed by atoms with E-state index in [0.717, 1.165) is 12.8 Å². The molecule has 2 atom stereocenters. The number of carbonyl (C=O) groups is 1. The highest BCUT2D eigenvalue weighted by atomic mass is 16.1. The molecule has 0 spiro atoms. The minimum atomic E-state index is 0.140. The standard InChI is InChI=1S/C14H26O/c1-13(2,3)10-8-7-9-11(12(10)15)14(4,5)6/h10-11H,7-9H2,1-6H3/t10-,11-/m1/s1. The molecule has 0 radical (unpaired) electrons. The van der Waals surface area contributed by atoms with Gasteiger partial charge in [0.2, 0.25) is 0 Å². The molecule has 0 aliphatic heterocycles. The second kappa shape index (κ2) is 3.92. The lowest BCUT2D eigenvalue weighted by atomic mass is 9.62. The quantitative estimate of drug-likeness (QED) is 0.589. The van der Waals surface area contributed by atoms with Crippen LogP contribution in [0.4, 0.5) is 0 Å². The maximum atomic E-state index is 12.4. The molecule has 1 heteroatoms. The summed E-state index contributed by atoms with van der Waals surface area (Å²) >= 11 is 0. The van der Waals surface area contributed by atoms with Gasteiger partial charge in [0.1, 0.15) is 5.78 Å². The molecule has 1 saturated carbocycles. The van der Waals surface area contributed by atoms with E-state index in [2.05, 4.69) is 41.5 Å². The fourth-order valence-electron chi connectivity index (χ4n) is 2.77. The first kappa shape index (κ1) is 12.7. The molecule has 1 rings (SSSR count). The smallest absolute Gasteiger partial charge is 0.140 e. The first-order valence-electron chi connectivity index (χ1n) is 6.18. The Hall–Kier alpha value is -0.330. The number of hydrogen-bond donors (Lipinski definition) is 0. The van der Waals surface area contributed by atoms with Crippen LogP contribution in [0.15, 0.2) is 0 Å². The lowest BCUT2D eigenvalue weighted by Crippen LogP contribution is -2.41. The third-order valence-corrected chi connectivity index (χ3v) is 3.76. The van der Waals surface area contributed by atoms with Gasteiger partial charge in [-0.25, -0.2) is 0 Å². The molecule has 0 heterocycles. The monoisotopic (exact) mass is 210 g/mol. The average Bonchev–Trinajstić information content (AvgIpc) is 1.99. The van der Waals surface area contributed by atoms with Gasteiger partial charge in [0, 0.05) is 11.8 Å². The van der Waals surface area contributed by atoms with Crippen molar-refractivity contribution < 1.29 is 4.79 Å². The van der Waals surface area contributed by atoms with Crippen LogP contribution in [0.5, 0.6) is 0 Å². The maximum absolute atomic E-state index is 12.4. The summed E-state index contributed by atoms with van der Waals surface area (Å²) in [7, 11) is 0. The van der Waals surface area contributed by atoms with Crippen LogP contribution in [0.1, 0.15) is 60.8 Å². The summed E-state index contributed by atoms with van der Waals surface area (Å²) in [4.78, 5) is 12.4. The van der Waals surface area contributed by atoms with Crippen LogP contribution in [-0.4, -0.2) is 5.78 Å². The normalized spacial score (nSPS) is 29.3. The second-order valence-corrected chi connectivity index (χ2v) is 7.17. The summed E-state index contributed by atoms with van der Waals surface area (Å²) < 4.78 is 0. The van der Waals surface area contributed by atoms with Gasteiger partial charge < -0.3 is 0 Å². The van der Waals surface area contributed by atoms with Crippen LogP contribution in [0, 0.1) is 22.7 Å². The van der Waals surface area contributed by atoms with Gasteiger partial charge in [0.05, 0.1) is 0 Å². The summed E-state index contributed by atoms with van der Waals surface area (Å²) in [5.74, 6) is 1.06. The van der Waals surface area contributed by atoms with Crippen LogP contribution in [0.25, 0.3) is 0 Å². The molecule has 0 amide bonds. The highest BCUT2D eigenvalue weighted by Gasteiger charge is 2.42. The van der Waals surface area contributed by atoms with E-state index in [1.54, 1.807) is 0 Å². The first-order chi connectivity index (χ1) is 6.64. The fraction of sp³-hybridized carbons (Fsp3) is 0.929. The molecular weight excluding hydrogens is 184 g/mol. The molecule has 0 aromatic rings. The molecule has 88 valence electrons. The zero-order valence-electron chi connectivity index (χ0n) is 11.2. The minimum Gasteiger partial charge on any atom is -0.299 e. The number of Topliss-reactive ketones (excluding diaryl/α,β-unsaturated/α-hetero) is 1. The van der Waals surface area contributed by atoms with Crippen molar-refractivity contribution in [1.82, 2.24) is 0 Å². The molecule has 0 aromatic heterocycles. The molecule has 1 fully saturated rings. The lowest BCUT2D eigenvalue weighted by molar-refractivity contribution is -0.136. The van der Waals surface area contributed by atoms with E-state index >= 15 is 0 Å². The van der Waals surface area contributed by atoms with Crippen molar-refractivity contribution in [3.63, 3.8) is 0 Å². The number of hydrogen-bond acceptors (Lipinski definition) is 1. The SMILES string of the molecule is CC(C)(C)[C@@H]1CCC[C@@H](C(C)(C)C)C1=O. The summed E-state index contributed by atoms with van der Waals surface area (Å²) in [6.45, 7) is 13.2. The highest BCUT2D eigenvalue weighted by molar-refractivity contribution is 5.85. The van der Waals surface area contributed by atoms with Crippen molar-refractivity contribution in [2.75, 3.05) is 0 Å². The van der Waals surface area contributed by atoms with Gasteiger partial charge in [-0.1, -0.05) is 48.0 Å². The predicted octanol–water partition coefficient (Wildman–Crippen LogP) is 4.06.